The van der Waals surface area contributed by atoms with Crippen LogP contribution in [0.1, 0.15) is 61.0 Å². The first-order valence-corrected chi connectivity index (χ1v) is 10.9. The maximum absolute atomic E-state index is 12.7. The molecule has 9 nitrogen and oxygen atoms in total. The molecule has 4 rings (SSSR count). The molecule has 34 heavy (non-hydrogen) atoms. The number of aryl methyl sites for hydroxylation is 1. The molecule has 1 aromatic heterocycles. The van der Waals surface area contributed by atoms with Crippen LogP contribution in [0, 0.1) is 6.92 Å². The second-order valence-electron chi connectivity index (χ2n) is 7.67. The quantitative estimate of drug-likeness (QED) is 0.424. The minimum Gasteiger partial charge on any atom is -0.508 e. The molecular weight excluding hydrogens is 460 g/mol. The highest BCUT2D eigenvalue weighted by atomic mass is 35.5. The van der Waals surface area contributed by atoms with E-state index in [0.29, 0.717) is 51.6 Å². The van der Waals surface area contributed by atoms with Gasteiger partial charge in [0.05, 0.1) is 5.71 Å². The largest absolute Gasteiger partial charge is 0.508 e. The number of phenols is 1. The van der Waals surface area contributed by atoms with E-state index in [1.165, 1.54) is 30.3 Å². The number of halogens is 1. The van der Waals surface area contributed by atoms with E-state index in [-0.39, 0.29) is 11.5 Å². The van der Waals surface area contributed by atoms with Gasteiger partial charge in [-0.05, 0) is 62.2 Å². The first kappa shape index (κ1) is 23.1. The molecule has 1 heterocycles. The third-order valence-corrected chi connectivity index (χ3v) is 5.57. The smallest absolute Gasteiger partial charge is 0.305 e. The fourth-order valence-electron chi connectivity index (χ4n) is 3.66. The van der Waals surface area contributed by atoms with E-state index in [0.717, 1.165) is 6.42 Å². The van der Waals surface area contributed by atoms with E-state index in [1.54, 1.807) is 25.1 Å². The number of nitrogens with one attached hydrogen (secondary N) is 3. The van der Waals surface area contributed by atoms with Crippen molar-refractivity contribution in [1.82, 2.24) is 16.3 Å². The molecule has 0 aliphatic heterocycles. The van der Waals surface area contributed by atoms with Crippen molar-refractivity contribution < 1.29 is 23.9 Å². The van der Waals surface area contributed by atoms with Crippen LogP contribution in [-0.4, -0.2) is 28.5 Å². The van der Waals surface area contributed by atoms with Crippen LogP contribution in [0.5, 0.6) is 5.75 Å². The van der Waals surface area contributed by atoms with Gasteiger partial charge in [0.25, 0.3) is 11.8 Å². The Morgan fingerprint density at radius 3 is 2.44 bits per heavy atom. The Hall–Kier alpha value is -4.11. The maximum atomic E-state index is 12.7. The van der Waals surface area contributed by atoms with Crippen LogP contribution in [0.2, 0.25) is 5.02 Å². The molecule has 10 heteroatoms. The number of fused-ring (bicyclic) bond motifs is 1. The summed E-state index contributed by atoms with van der Waals surface area (Å²) in [5, 5.41) is 14.0. The average Bonchev–Trinajstić information content (AvgIpc) is 3.18. The van der Waals surface area contributed by atoms with Crippen LogP contribution < -0.4 is 16.3 Å². The number of rotatable bonds is 4. The third-order valence-electron chi connectivity index (χ3n) is 5.33. The van der Waals surface area contributed by atoms with E-state index in [1.807, 2.05) is 0 Å². The van der Waals surface area contributed by atoms with Gasteiger partial charge in [-0.3, -0.25) is 25.2 Å². The first-order chi connectivity index (χ1) is 16.3. The standard InChI is InChI=1S/C24H21ClN4O5/c1-13-20-18(26-27-22(31)14-8-10-17(30)11-9-14)6-3-7-19(20)34-21(13)24(33)29-28-23(32)15-4-2-5-16(25)12-15/h2,4-5,8-12,30H,3,6-7H2,1H3,(H,27,31)(H,28,32)(H,29,33)/b26-18+. The minimum absolute atomic E-state index is 0.0517. The topological polar surface area (TPSA) is 133 Å². The molecule has 3 amide bonds. The number of furan rings is 1. The van der Waals surface area contributed by atoms with Crippen molar-refractivity contribution in [1.29, 1.82) is 0 Å². The number of amides is 3. The van der Waals surface area contributed by atoms with Gasteiger partial charge in [-0.25, -0.2) is 5.43 Å². The van der Waals surface area contributed by atoms with E-state index in [2.05, 4.69) is 21.4 Å². The lowest BCUT2D eigenvalue weighted by Crippen LogP contribution is -2.41. The van der Waals surface area contributed by atoms with E-state index >= 15 is 0 Å². The molecule has 0 fully saturated rings. The van der Waals surface area contributed by atoms with Crippen molar-refractivity contribution in [3.05, 3.63) is 87.3 Å². The summed E-state index contributed by atoms with van der Waals surface area (Å²) in [5.74, 6) is -0.867. The van der Waals surface area contributed by atoms with E-state index in [9.17, 15) is 19.5 Å². The number of hydrazone groups is 1. The van der Waals surface area contributed by atoms with Crippen LogP contribution >= 0.6 is 11.6 Å². The number of hydrazine groups is 1. The molecule has 0 saturated carbocycles. The summed E-state index contributed by atoms with van der Waals surface area (Å²) < 4.78 is 5.78. The van der Waals surface area contributed by atoms with Crippen molar-refractivity contribution in [2.45, 2.75) is 26.2 Å². The van der Waals surface area contributed by atoms with Gasteiger partial charge >= 0.3 is 5.91 Å². The molecule has 3 aromatic rings. The van der Waals surface area contributed by atoms with Gasteiger partial charge in [0, 0.05) is 33.7 Å². The Kier molecular flexibility index (Phi) is 6.65. The highest BCUT2D eigenvalue weighted by Crippen LogP contribution is 2.29. The predicted octanol–water partition coefficient (Wildman–Crippen LogP) is 3.49. The van der Waals surface area contributed by atoms with Crippen molar-refractivity contribution in [2.75, 3.05) is 0 Å². The van der Waals surface area contributed by atoms with Crippen LogP contribution in [-0.2, 0) is 6.42 Å². The van der Waals surface area contributed by atoms with Gasteiger partial charge < -0.3 is 9.52 Å². The van der Waals surface area contributed by atoms with Crippen LogP contribution in [0.4, 0.5) is 0 Å². The summed E-state index contributed by atoms with van der Waals surface area (Å²) in [6, 6.07) is 12.1. The average molecular weight is 481 g/mol. The van der Waals surface area contributed by atoms with Crippen LogP contribution in [0.15, 0.2) is 58.0 Å². The van der Waals surface area contributed by atoms with Crippen molar-refractivity contribution >= 4 is 35.0 Å². The zero-order valence-corrected chi connectivity index (χ0v) is 18.9. The highest BCUT2D eigenvalue weighted by Gasteiger charge is 2.28. The molecule has 4 N–H and O–H groups in total. The fourth-order valence-corrected chi connectivity index (χ4v) is 3.85. The van der Waals surface area contributed by atoms with Crippen molar-refractivity contribution in [3.63, 3.8) is 0 Å². The van der Waals surface area contributed by atoms with Crippen molar-refractivity contribution in [2.24, 2.45) is 5.10 Å². The zero-order valence-electron chi connectivity index (χ0n) is 18.1. The lowest BCUT2D eigenvalue weighted by atomic mass is 9.93. The summed E-state index contributed by atoms with van der Waals surface area (Å²) in [4.78, 5) is 37.3. The lowest BCUT2D eigenvalue weighted by molar-refractivity contribution is 0.0829. The summed E-state index contributed by atoms with van der Waals surface area (Å²) in [5.41, 5.74) is 9.67. The molecule has 2 aromatic carbocycles. The van der Waals surface area contributed by atoms with E-state index < -0.39 is 17.7 Å². The molecule has 0 spiro atoms. The van der Waals surface area contributed by atoms with Gasteiger partial charge in [0.15, 0.2) is 5.76 Å². The van der Waals surface area contributed by atoms with Gasteiger partial charge in [0.2, 0.25) is 0 Å². The van der Waals surface area contributed by atoms with Crippen LogP contribution in [0.25, 0.3) is 0 Å². The molecule has 0 saturated heterocycles. The number of carbonyl (C=O) groups excluding carboxylic acids is 3. The molecule has 0 radical (unpaired) electrons. The summed E-state index contributed by atoms with van der Waals surface area (Å²) in [6.45, 7) is 1.72. The second kappa shape index (κ2) is 9.80. The molecule has 1 aliphatic rings. The molecule has 0 bridgehead atoms. The maximum Gasteiger partial charge on any atom is 0.305 e. The number of benzene rings is 2. The Bertz CT molecular complexity index is 1300. The summed E-state index contributed by atoms with van der Waals surface area (Å²) >= 11 is 5.90. The lowest BCUT2D eigenvalue weighted by Gasteiger charge is -2.13. The van der Waals surface area contributed by atoms with Gasteiger partial charge in [-0.1, -0.05) is 17.7 Å². The summed E-state index contributed by atoms with van der Waals surface area (Å²) in [6.07, 6.45) is 1.94. The van der Waals surface area contributed by atoms with Gasteiger partial charge in [0.1, 0.15) is 11.5 Å². The number of carbonyl (C=O) groups is 3. The molecule has 0 atom stereocenters. The second-order valence-corrected chi connectivity index (χ2v) is 8.11. The van der Waals surface area contributed by atoms with Gasteiger partial charge in [-0.2, -0.15) is 5.10 Å². The Balaban J connectivity index is 1.48. The summed E-state index contributed by atoms with van der Waals surface area (Å²) in [7, 11) is 0. The molecular formula is C24H21ClN4O5. The fraction of sp³-hybridized carbons (Fsp3) is 0.167. The Morgan fingerprint density at radius 1 is 0.971 bits per heavy atom. The minimum atomic E-state index is -0.616. The predicted molar refractivity (Wildman–Crippen MR) is 125 cm³/mol. The Labute approximate surface area is 199 Å². The van der Waals surface area contributed by atoms with Gasteiger partial charge in [-0.15, -0.1) is 0 Å². The number of aromatic hydroxyl groups is 1. The first-order valence-electron chi connectivity index (χ1n) is 10.5. The number of hydrogen-bond donors (Lipinski definition) is 4. The molecule has 0 unspecified atom stereocenters. The SMILES string of the molecule is Cc1c(C(=O)NNC(=O)c2cccc(Cl)c2)oc2c1/C(=N/NC(=O)c1ccc(O)cc1)CCC2. The number of phenolic OH excluding ortho intramolecular Hbond substituents is 1. The number of hydrogen-bond acceptors (Lipinski definition) is 6. The van der Waals surface area contributed by atoms with E-state index in [4.69, 9.17) is 16.0 Å². The normalized spacial score (nSPS) is 13.8. The monoisotopic (exact) mass is 480 g/mol. The number of nitrogens with zero attached hydrogens (tertiary/aromatic N) is 1. The molecule has 174 valence electrons. The van der Waals surface area contributed by atoms with Crippen molar-refractivity contribution in [3.8, 4) is 5.75 Å². The highest BCUT2D eigenvalue weighted by molar-refractivity contribution is 6.31. The third kappa shape index (κ3) is 4.94. The molecule has 1 aliphatic carbocycles. The van der Waals surface area contributed by atoms with Crippen LogP contribution in [0.3, 0.4) is 0 Å². The Morgan fingerprint density at radius 2 is 1.71 bits per heavy atom. The zero-order chi connectivity index (χ0) is 24.2.